The van der Waals surface area contributed by atoms with Gasteiger partial charge in [0, 0.05) is 11.4 Å². The molecule has 1 heterocycles. The highest BCUT2D eigenvalue weighted by Gasteiger charge is 2.42. The van der Waals surface area contributed by atoms with Crippen LogP contribution in [0.4, 0.5) is 0 Å². The molecule has 0 aliphatic heterocycles. The molecule has 0 unspecified atom stereocenters. The number of benzene rings is 1. The van der Waals surface area contributed by atoms with Crippen LogP contribution in [0, 0.1) is 17.8 Å². The first kappa shape index (κ1) is 14.9. The number of fused-ring (bicyclic) bond motifs is 3. The van der Waals surface area contributed by atoms with Crippen LogP contribution in [0.1, 0.15) is 43.0 Å². The summed E-state index contributed by atoms with van der Waals surface area (Å²) < 4.78 is 0. The van der Waals surface area contributed by atoms with Gasteiger partial charge in [-0.2, -0.15) is 0 Å². The van der Waals surface area contributed by atoms with E-state index in [1.807, 2.05) is 30.3 Å². The lowest BCUT2D eigenvalue weighted by Gasteiger charge is -2.28. The zero-order valence-corrected chi connectivity index (χ0v) is 14.0. The van der Waals surface area contributed by atoms with E-state index >= 15 is 0 Å². The molecule has 2 saturated carbocycles. The molecular weight excluding hydrogens is 308 g/mol. The molecule has 23 heavy (non-hydrogen) atoms. The Hall–Kier alpha value is -1.61. The van der Waals surface area contributed by atoms with Crippen molar-refractivity contribution in [1.82, 2.24) is 10.3 Å². The van der Waals surface area contributed by atoms with Crippen molar-refractivity contribution in [2.24, 2.45) is 17.8 Å². The van der Waals surface area contributed by atoms with Crippen LogP contribution in [0.2, 0.25) is 5.15 Å². The molecule has 4 rings (SSSR count). The van der Waals surface area contributed by atoms with Gasteiger partial charge in [0.05, 0.1) is 11.1 Å². The molecule has 0 radical (unpaired) electrons. The summed E-state index contributed by atoms with van der Waals surface area (Å²) in [6.07, 6.45) is 5.31. The van der Waals surface area contributed by atoms with Crippen molar-refractivity contribution in [1.29, 1.82) is 0 Å². The van der Waals surface area contributed by atoms with E-state index in [0.717, 1.165) is 22.7 Å². The molecule has 2 aromatic rings. The normalized spacial score (nSPS) is 27.3. The summed E-state index contributed by atoms with van der Waals surface area (Å²) in [5.74, 6) is 2.18. The third-order valence-electron chi connectivity index (χ3n) is 5.72. The molecule has 1 N–H and O–H groups in total. The summed E-state index contributed by atoms with van der Waals surface area (Å²) in [5.41, 5.74) is 1.29. The van der Waals surface area contributed by atoms with Crippen LogP contribution in [0.5, 0.6) is 0 Å². The molecule has 1 aromatic heterocycles. The van der Waals surface area contributed by atoms with Crippen molar-refractivity contribution in [3.05, 3.63) is 41.0 Å². The van der Waals surface area contributed by atoms with Crippen LogP contribution in [-0.4, -0.2) is 16.9 Å². The fourth-order valence-electron chi connectivity index (χ4n) is 4.55. The Morgan fingerprint density at radius 2 is 2.13 bits per heavy atom. The largest absolute Gasteiger partial charge is 0.349 e. The Bertz CT molecular complexity index is 760. The van der Waals surface area contributed by atoms with Gasteiger partial charge in [-0.3, -0.25) is 4.79 Å². The summed E-state index contributed by atoms with van der Waals surface area (Å²) in [6.45, 7) is 2.13. The van der Waals surface area contributed by atoms with Gasteiger partial charge in [0.1, 0.15) is 5.15 Å². The van der Waals surface area contributed by atoms with Crippen molar-refractivity contribution in [2.45, 2.75) is 38.6 Å². The molecule has 0 saturated heterocycles. The molecule has 4 heteroatoms. The highest BCUT2D eigenvalue weighted by molar-refractivity contribution is 6.33. The number of amides is 1. The number of halogens is 1. The van der Waals surface area contributed by atoms with Gasteiger partial charge in [-0.15, -0.1) is 0 Å². The van der Waals surface area contributed by atoms with E-state index in [0.29, 0.717) is 11.5 Å². The van der Waals surface area contributed by atoms with Gasteiger partial charge in [-0.25, -0.2) is 4.98 Å². The number of pyridine rings is 1. The Labute approximate surface area is 141 Å². The molecule has 2 aliphatic carbocycles. The number of carbonyl (C=O) groups is 1. The summed E-state index contributed by atoms with van der Waals surface area (Å²) in [6, 6.07) is 9.75. The van der Waals surface area contributed by atoms with E-state index in [4.69, 9.17) is 11.6 Å². The van der Waals surface area contributed by atoms with Gasteiger partial charge < -0.3 is 5.32 Å². The molecule has 1 aromatic carbocycles. The first-order chi connectivity index (χ1) is 11.1. The maximum absolute atomic E-state index is 12.6. The van der Waals surface area contributed by atoms with Crippen molar-refractivity contribution >= 4 is 28.4 Å². The summed E-state index contributed by atoms with van der Waals surface area (Å²) in [4.78, 5) is 17.0. The molecule has 1 amide bonds. The molecule has 120 valence electrons. The highest BCUT2D eigenvalue weighted by atomic mass is 35.5. The Morgan fingerprint density at radius 1 is 1.30 bits per heavy atom. The Kier molecular flexibility index (Phi) is 3.76. The number of hydrogen-bond donors (Lipinski definition) is 1. The second-order valence-corrected chi connectivity index (χ2v) is 7.48. The average Bonchev–Trinajstić information content (AvgIpc) is 3.17. The smallest absolute Gasteiger partial charge is 0.254 e. The van der Waals surface area contributed by atoms with E-state index in [1.165, 1.54) is 25.7 Å². The van der Waals surface area contributed by atoms with Gasteiger partial charge in [0.2, 0.25) is 0 Å². The minimum Gasteiger partial charge on any atom is -0.349 e. The molecule has 2 bridgehead atoms. The lowest BCUT2D eigenvalue weighted by Crippen LogP contribution is -2.40. The molecule has 2 aliphatic rings. The number of rotatable bonds is 3. The molecule has 2 fully saturated rings. The van der Waals surface area contributed by atoms with Gasteiger partial charge >= 0.3 is 0 Å². The maximum Gasteiger partial charge on any atom is 0.254 e. The molecule has 3 nitrogen and oxygen atoms in total. The SMILES string of the molecule is C[C@@H](NC(=O)c1cc2ccccc2nc1Cl)[C@H]1C[C@H]2CC[C@H]1C2. The molecular formula is C19H21ClN2O. The fraction of sp³-hybridized carbons (Fsp3) is 0.474. The van der Waals surface area contributed by atoms with Crippen molar-refractivity contribution < 1.29 is 4.79 Å². The lowest BCUT2D eigenvalue weighted by atomic mass is 9.84. The van der Waals surface area contributed by atoms with E-state index in [-0.39, 0.29) is 17.1 Å². The summed E-state index contributed by atoms with van der Waals surface area (Å²) in [5, 5.41) is 4.38. The van der Waals surface area contributed by atoms with Crippen LogP contribution in [0.25, 0.3) is 10.9 Å². The van der Waals surface area contributed by atoms with Gasteiger partial charge in [0.15, 0.2) is 0 Å². The number of nitrogens with zero attached hydrogens (tertiary/aromatic N) is 1. The van der Waals surface area contributed by atoms with Gasteiger partial charge in [0.25, 0.3) is 5.91 Å². The number of aromatic nitrogens is 1. The zero-order valence-electron chi connectivity index (χ0n) is 13.3. The minimum atomic E-state index is -0.108. The van der Waals surface area contributed by atoms with Gasteiger partial charge in [-0.05, 0) is 56.1 Å². The monoisotopic (exact) mass is 328 g/mol. The molecule has 4 atom stereocenters. The van der Waals surface area contributed by atoms with Crippen LogP contribution in [0.15, 0.2) is 30.3 Å². The van der Waals surface area contributed by atoms with Crippen LogP contribution in [-0.2, 0) is 0 Å². The number of para-hydroxylation sites is 1. The zero-order chi connectivity index (χ0) is 16.0. The Morgan fingerprint density at radius 3 is 2.87 bits per heavy atom. The average molecular weight is 329 g/mol. The summed E-state index contributed by atoms with van der Waals surface area (Å²) in [7, 11) is 0. The maximum atomic E-state index is 12.6. The number of nitrogens with one attached hydrogen (secondary N) is 1. The van der Waals surface area contributed by atoms with Crippen molar-refractivity contribution in [3.8, 4) is 0 Å². The standard InChI is InChI=1S/C19H21ClN2O/c1-11(15-9-12-6-7-13(15)8-12)21-19(23)16-10-14-4-2-3-5-17(14)22-18(16)20/h2-5,10-13,15H,6-9H2,1H3,(H,21,23)/t11-,12+,13+,15-/m1/s1. The van der Waals surface area contributed by atoms with Crippen molar-refractivity contribution in [3.63, 3.8) is 0 Å². The quantitative estimate of drug-likeness (QED) is 0.846. The van der Waals surface area contributed by atoms with E-state index < -0.39 is 0 Å². The lowest BCUT2D eigenvalue weighted by molar-refractivity contribution is 0.0915. The Balaban J connectivity index is 1.53. The van der Waals surface area contributed by atoms with Crippen LogP contribution < -0.4 is 5.32 Å². The topological polar surface area (TPSA) is 42.0 Å². The highest BCUT2D eigenvalue weighted by Crippen LogP contribution is 2.49. The minimum absolute atomic E-state index is 0.108. The predicted molar refractivity (Wildman–Crippen MR) is 92.6 cm³/mol. The summed E-state index contributed by atoms with van der Waals surface area (Å²) >= 11 is 6.23. The fourth-order valence-corrected chi connectivity index (χ4v) is 4.78. The van der Waals surface area contributed by atoms with Gasteiger partial charge in [-0.1, -0.05) is 36.2 Å². The molecule has 0 spiro atoms. The van der Waals surface area contributed by atoms with E-state index in [1.54, 1.807) is 0 Å². The van der Waals surface area contributed by atoms with E-state index in [2.05, 4.69) is 17.2 Å². The second kappa shape index (κ2) is 5.79. The van der Waals surface area contributed by atoms with E-state index in [9.17, 15) is 4.79 Å². The third kappa shape index (κ3) is 2.72. The number of hydrogen-bond acceptors (Lipinski definition) is 2. The predicted octanol–water partition coefficient (Wildman–Crippen LogP) is 4.44. The first-order valence-corrected chi connectivity index (χ1v) is 8.86. The van der Waals surface area contributed by atoms with Crippen molar-refractivity contribution in [2.75, 3.05) is 0 Å². The van der Waals surface area contributed by atoms with Crippen LogP contribution >= 0.6 is 11.6 Å². The third-order valence-corrected chi connectivity index (χ3v) is 6.00. The van der Waals surface area contributed by atoms with Crippen LogP contribution in [0.3, 0.4) is 0 Å². The second-order valence-electron chi connectivity index (χ2n) is 7.12. The first-order valence-electron chi connectivity index (χ1n) is 8.48. The number of carbonyl (C=O) groups excluding carboxylic acids is 1.